The minimum atomic E-state index is -0.746. The standard InChI is InChI=1S/C18H20FN5O3/c19-13-3-1-2-12(8-13)10-24-17(26)15(23-18(24)27)4-5-16(25)21-7-6-14-9-20-11-22-14/h1-3,8-9,11,15H,4-7,10H2,(H,20,22)(H,21,25)(H,23,27)/t15-/m0/s1. The smallest absolute Gasteiger partial charge is 0.325 e. The number of carbonyl (C=O) groups excluding carboxylic acids is 3. The van der Waals surface area contributed by atoms with E-state index in [1.807, 2.05) is 0 Å². The fourth-order valence-electron chi connectivity index (χ4n) is 2.86. The van der Waals surface area contributed by atoms with Gasteiger partial charge < -0.3 is 15.6 Å². The first-order valence-electron chi connectivity index (χ1n) is 8.63. The van der Waals surface area contributed by atoms with Crippen molar-refractivity contribution in [3.05, 3.63) is 53.9 Å². The average molecular weight is 373 g/mol. The van der Waals surface area contributed by atoms with Gasteiger partial charge in [-0.1, -0.05) is 12.1 Å². The molecule has 2 heterocycles. The third kappa shape index (κ3) is 4.90. The molecule has 4 amide bonds. The van der Waals surface area contributed by atoms with Gasteiger partial charge in [0.25, 0.3) is 5.91 Å². The molecule has 1 aliphatic heterocycles. The Balaban J connectivity index is 1.44. The van der Waals surface area contributed by atoms with Crippen molar-refractivity contribution in [3.8, 4) is 0 Å². The van der Waals surface area contributed by atoms with Crippen LogP contribution in [0.4, 0.5) is 9.18 Å². The van der Waals surface area contributed by atoms with Gasteiger partial charge in [-0.05, 0) is 24.1 Å². The van der Waals surface area contributed by atoms with Gasteiger partial charge in [0.15, 0.2) is 0 Å². The third-order valence-corrected chi connectivity index (χ3v) is 4.27. The molecule has 142 valence electrons. The molecule has 1 aliphatic rings. The van der Waals surface area contributed by atoms with Crippen LogP contribution in [0.25, 0.3) is 0 Å². The molecule has 27 heavy (non-hydrogen) atoms. The molecular formula is C18H20FN5O3. The summed E-state index contributed by atoms with van der Waals surface area (Å²) < 4.78 is 13.3. The van der Waals surface area contributed by atoms with Crippen LogP contribution >= 0.6 is 0 Å². The summed E-state index contributed by atoms with van der Waals surface area (Å²) in [6.45, 7) is 0.451. The van der Waals surface area contributed by atoms with E-state index in [-0.39, 0.29) is 25.3 Å². The van der Waals surface area contributed by atoms with Crippen LogP contribution < -0.4 is 10.6 Å². The van der Waals surface area contributed by atoms with Crippen molar-refractivity contribution >= 4 is 17.8 Å². The number of halogens is 1. The molecule has 0 unspecified atom stereocenters. The first kappa shape index (κ1) is 18.6. The number of aromatic nitrogens is 2. The maximum Gasteiger partial charge on any atom is 0.325 e. The topological polar surface area (TPSA) is 107 Å². The summed E-state index contributed by atoms with van der Waals surface area (Å²) in [5.74, 6) is -1.03. The first-order chi connectivity index (χ1) is 13.0. The van der Waals surface area contributed by atoms with E-state index in [0.717, 1.165) is 10.6 Å². The van der Waals surface area contributed by atoms with E-state index in [0.29, 0.717) is 18.5 Å². The van der Waals surface area contributed by atoms with Crippen molar-refractivity contribution in [3.63, 3.8) is 0 Å². The van der Waals surface area contributed by atoms with Gasteiger partial charge in [-0.2, -0.15) is 0 Å². The number of benzene rings is 1. The summed E-state index contributed by atoms with van der Waals surface area (Å²) in [7, 11) is 0. The zero-order valence-corrected chi connectivity index (χ0v) is 14.6. The van der Waals surface area contributed by atoms with E-state index in [4.69, 9.17) is 0 Å². The van der Waals surface area contributed by atoms with Crippen molar-refractivity contribution in [2.45, 2.75) is 31.8 Å². The second kappa shape index (κ2) is 8.43. The Morgan fingerprint density at radius 3 is 2.93 bits per heavy atom. The highest BCUT2D eigenvalue weighted by atomic mass is 19.1. The number of H-pyrrole nitrogens is 1. The lowest BCUT2D eigenvalue weighted by molar-refractivity contribution is -0.128. The lowest BCUT2D eigenvalue weighted by atomic mass is 10.1. The van der Waals surface area contributed by atoms with Gasteiger partial charge in [0.2, 0.25) is 5.91 Å². The van der Waals surface area contributed by atoms with Crippen LogP contribution in [-0.2, 0) is 22.6 Å². The number of hydrogen-bond donors (Lipinski definition) is 3. The molecule has 1 fully saturated rings. The number of aromatic amines is 1. The van der Waals surface area contributed by atoms with Crippen LogP contribution in [0.1, 0.15) is 24.1 Å². The molecule has 1 aromatic heterocycles. The summed E-state index contributed by atoms with van der Waals surface area (Å²) >= 11 is 0. The summed E-state index contributed by atoms with van der Waals surface area (Å²) in [5.41, 5.74) is 1.44. The lowest BCUT2D eigenvalue weighted by Crippen LogP contribution is -2.33. The van der Waals surface area contributed by atoms with Gasteiger partial charge in [-0.3, -0.25) is 14.5 Å². The minimum absolute atomic E-state index is 0.00466. The monoisotopic (exact) mass is 373 g/mol. The van der Waals surface area contributed by atoms with E-state index in [1.54, 1.807) is 18.6 Å². The second-order valence-corrected chi connectivity index (χ2v) is 6.27. The molecule has 2 aromatic rings. The Hall–Kier alpha value is -3.23. The predicted molar refractivity (Wildman–Crippen MR) is 93.8 cm³/mol. The highest BCUT2D eigenvalue weighted by Gasteiger charge is 2.37. The van der Waals surface area contributed by atoms with Crippen molar-refractivity contribution in [1.29, 1.82) is 0 Å². The number of rotatable bonds is 8. The molecule has 0 saturated carbocycles. The van der Waals surface area contributed by atoms with Crippen LogP contribution in [0, 0.1) is 5.82 Å². The van der Waals surface area contributed by atoms with Crippen LogP contribution in [0.3, 0.4) is 0 Å². The molecule has 0 bridgehead atoms. The van der Waals surface area contributed by atoms with Crippen molar-refractivity contribution in [2.75, 3.05) is 6.54 Å². The van der Waals surface area contributed by atoms with Crippen molar-refractivity contribution < 1.29 is 18.8 Å². The molecule has 9 heteroatoms. The Kier molecular flexibility index (Phi) is 5.80. The Morgan fingerprint density at radius 2 is 2.19 bits per heavy atom. The lowest BCUT2D eigenvalue weighted by Gasteiger charge is -2.13. The minimum Gasteiger partial charge on any atom is -0.356 e. The Bertz CT molecular complexity index is 824. The maximum absolute atomic E-state index is 13.3. The number of nitrogens with zero attached hydrogens (tertiary/aromatic N) is 2. The SMILES string of the molecule is O=C(CC[C@@H]1NC(=O)N(Cc2cccc(F)c2)C1=O)NCCc1cnc[nH]1. The van der Waals surface area contributed by atoms with Gasteiger partial charge in [-0.15, -0.1) is 0 Å². The van der Waals surface area contributed by atoms with Gasteiger partial charge >= 0.3 is 6.03 Å². The summed E-state index contributed by atoms with van der Waals surface area (Å²) in [6, 6.07) is 4.46. The fourth-order valence-corrected chi connectivity index (χ4v) is 2.86. The van der Waals surface area contributed by atoms with Crippen LogP contribution in [-0.4, -0.2) is 45.3 Å². The van der Waals surface area contributed by atoms with E-state index in [1.165, 1.54) is 18.2 Å². The maximum atomic E-state index is 13.3. The number of imidazole rings is 1. The first-order valence-corrected chi connectivity index (χ1v) is 8.63. The zero-order valence-electron chi connectivity index (χ0n) is 14.6. The molecule has 1 atom stereocenters. The van der Waals surface area contributed by atoms with Gasteiger partial charge in [0, 0.05) is 31.3 Å². The highest BCUT2D eigenvalue weighted by molar-refractivity contribution is 6.04. The molecule has 3 N–H and O–H groups in total. The van der Waals surface area contributed by atoms with Crippen LogP contribution in [0.5, 0.6) is 0 Å². The van der Waals surface area contributed by atoms with E-state index in [2.05, 4.69) is 20.6 Å². The number of amides is 4. The molecule has 3 rings (SSSR count). The van der Waals surface area contributed by atoms with Crippen LogP contribution in [0.15, 0.2) is 36.8 Å². The Morgan fingerprint density at radius 1 is 1.33 bits per heavy atom. The van der Waals surface area contributed by atoms with Crippen molar-refractivity contribution in [1.82, 2.24) is 25.5 Å². The number of carbonyl (C=O) groups is 3. The normalized spacial score (nSPS) is 16.5. The quantitative estimate of drug-likeness (QED) is 0.603. The van der Waals surface area contributed by atoms with Crippen molar-refractivity contribution in [2.24, 2.45) is 0 Å². The summed E-state index contributed by atoms with van der Waals surface area (Å²) in [4.78, 5) is 44.2. The van der Waals surface area contributed by atoms with Gasteiger partial charge in [-0.25, -0.2) is 14.2 Å². The molecule has 8 nitrogen and oxygen atoms in total. The van der Waals surface area contributed by atoms with E-state index >= 15 is 0 Å². The fraction of sp³-hybridized carbons (Fsp3) is 0.333. The van der Waals surface area contributed by atoms with E-state index in [9.17, 15) is 18.8 Å². The molecule has 0 radical (unpaired) electrons. The number of hydrogen-bond acceptors (Lipinski definition) is 4. The van der Waals surface area contributed by atoms with Crippen LogP contribution in [0.2, 0.25) is 0 Å². The third-order valence-electron chi connectivity index (χ3n) is 4.27. The molecule has 0 aliphatic carbocycles. The molecule has 0 spiro atoms. The molecular weight excluding hydrogens is 353 g/mol. The summed E-state index contributed by atoms with van der Waals surface area (Å²) in [6.07, 6.45) is 4.22. The van der Waals surface area contributed by atoms with Gasteiger partial charge in [0.05, 0.1) is 12.9 Å². The average Bonchev–Trinajstić information content (AvgIpc) is 3.24. The Labute approximate surface area is 155 Å². The summed E-state index contributed by atoms with van der Waals surface area (Å²) in [5, 5.41) is 5.34. The largest absolute Gasteiger partial charge is 0.356 e. The highest BCUT2D eigenvalue weighted by Crippen LogP contribution is 2.15. The molecule has 1 aromatic carbocycles. The number of urea groups is 1. The molecule has 1 saturated heterocycles. The predicted octanol–water partition coefficient (Wildman–Crippen LogP) is 1.11. The number of imide groups is 1. The number of nitrogens with one attached hydrogen (secondary N) is 3. The zero-order chi connectivity index (χ0) is 19.2. The van der Waals surface area contributed by atoms with Gasteiger partial charge in [0.1, 0.15) is 11.9 Å². The van der Waals surface area contributed by atoms with E-state index < -0.39 is 23.8 Å². The second-order valence-electron chi connectivity index (χ2n) is 6.27.